The van der Waals surface area contributed by atoms with E-state index in [2.05, 4.69) is 35.1 Å². The fourth-order valence-corrected chi connectivity index (χ4v) is 2.79. The van der Waals surface area contributed by atoms with Crippen LogP contribution in [-0.2, 0) is 23.9 Å². The van der Waals surface area contributed by atoms with Gasteiger partial charge in [0.25, 0.3) is 0 Å². The molecule has 0 fully saturated rings. The van der Waals surface area contributed by atoms with Gasteiger partial charge in [0.15, 0.2) is 0 Å². The van der Waals surface area contributed by atoms with Gasteiger partial charge in [0.05, 0.1) is 6.26 Å². The molecule has 0 aromatic carbocycles. The first-order chi connectivity index (χ1) is 14.1. The third-order valence-electron chi connectivity index (χ3n) is 4.41. The number of allylic oxidation sites excluding steroid dienone is 2. The van der Waals surface area contributed by atoms with Crippen molar-refractivity contribution in [2.45, 2.75) is 96.8 Å². The summed E-state index contributed by atoms with van der Waals surface area (Å²) in [6.45, 7) is 5.46. The van der Waals surface area contributed by atoms with Crippen LogP contribution >= 0.6 is 0 Å². The van der Waals surface area contributed by atoms with Gasteiger partial charge in [-0.05, 0) is 32.1 Å². The van der Waals surface area contributed by atoms with Gasteiger partial charge in [0.1, 0.15) is 0 Å². The summed E-state index contributed by atoms with van der Waals surface area (Å²) in [5, 5.41) is 0. The van der Waals surface area contributed by atoms with Crippen molar-refractivity contribution in [3.63, 3.8) is 0 Å². The Morgan fingerprint density at radius 1 is 0.724 bits per heavy atom. The number of carbonyl (C=O) groups excluding carboxylic acids is 3. The fourth-order valence-electron chi connectivity index (χ4n) is 2.79. The second kappa shape index (κ2) is 20.6. The minimum atomic E-state index is -0.872. The SMILES string of the molecule is C=COC(=O)/C=C\C(=O)OC(=O)CCCCCCC/C=C\CCCCCCCC. The van der Waals surface area contributed by atoms with Crippen LogP contribution in [0.25, 0.3) is 0 Å². The van der Waals surface area contributed by atoms with Gasteiger partial charge in [0.2, 0.25) is 0 Å². The summed E-state index contributed by atoms with van der Waals surface area (Å²) in [4.78, 5) is 33.9. The molecule has 5 nitrogen and oxygen atoms in total. The Kier molecular flexibility index (Phi) is 19.0. The molecule has 0 amide bonds. The number of esters is 3. The van der Waals surface area contributed by atoms with E-state index in [0.29, 0.717) is 6.42 Å². The molecule has 5 heteroatoms. The molecule has 0 aliphatic carbocycles. The zero-order chi connectivity index (χ0) is 21.6. The average molecular weight is 407 g/mol. The lowest BCUT2D eigenvalue weighted by Gasteiger charge is -2.01. The molecule has 0 aliphatic rings. The molecule has 0 N–H and O–H groups in total. The molecule has 0 aliphatic heterocycles. The van der Waals surface area contributed by atoms with Gasteiger partial charge >= 0.3 is 17.9 Å². The van der Waals surface area contributed by atoms with Gasteiger partial charge in [-0.3, -0.25) is 4.79 Å². The predicted octanol–water partition coefficient (Wildman–Crippen LogP) is 6.34. The Morgan fingerprint density at radius 2 is 1.24 bits per heavy atom. The van der Waals surface area contributed by atoms with Gasteiger partial charge in [-0.1, -0.05) is 77.0 Å². The Bertz CT molecular complexity index is 519. The molecule has 164 valence electrons. The highest BCUT2D eigenvalue weighted by molar-refractivity contribution is 5.96. The smallest absolute Gasteiger partial charge is 0.338 e. The molecule has 0 atom stereocenters. The van der Waals surface area contributed by atoms with Crippen LogP contribution in [0.5, 0.6) is 0 Å². The van der Waals surface area contributed by atoms with Crippen LogP contribution in [0.1, 0.15) is 96.8 Å². The molecule has 0 aromatic rings. The lowest BCUT2D eigenvalue weighted by Crippen LogP contribution is -2.10. The van der Waals surface area contributed by atoms with Gasteiger partial charge in [-0.15, -0.1) is 0 Å². The summed E-state index contributed by atoms with van der Waals surface area (Å²) in [5.74, 6) is -2.19. The Hall–Kier alpha value is -2.17. The number of carbonyl (C=O) groups is 3. The Labute approximate surface area is 176 Å². The van der Waals surface area contributed by atoms with Crippen molar-refractivity contribution in [1.29, 1.82) is 0 Å². The second-order valence-corrected chi connectivity index (χ2v) is 7.06. The van der Waals surface area contributed by atoms with Crippen LogP contribution < -0.4 is 0 Å². The molecular weight excluding hydrogens is 368 g/mol. The maximum atomic E-state index is 11.5. The van der Waals surface area contributed by atoms with E-state index in [1.165, 1.54) is 51.4 Å². The fraction of sp³-hybridized carbons (Fsp3) is 0.625. The number of hydrogen-bond donors (Lipinski definition) is 0. The zero-order valence-corrected chi connectivity index (χ0v) is 18.0. The molecule has 0 saturated heterocycles. The van der Waals surface area contributed by atoms with Gasteiger partial charge in [0, 0.05) is 18.6 Å². The van der Waals surface area contributed by atoms with E-state index in [-0.39, 0.29) is 6.42 Å². The van der Waals surface area contributed by atoms with E-state index < -0.39 is 17.9 Å². The lowest BCUT2D eigenvalue weighted by atomic mass is 10.1. The standard InChI is InChI=1S/C24H38O5/c1-3-5-6-7-8-9-10-11-12-13-14-15-16-17-18-19-23(26)29-24(27)21-20-22(25)28-4-2/h4,11-12,20-21H,2-3,5-10,13-19H2,1H3/b12-11-,21-20-. The van der Waals surface area contributed by atoms with Crippen molar-refractivity contribution in [3.8, 4) is 0 Å². The molecule has 0 saturated carbocycles. The molecule has 0 unspecified atom stereocenters. The largest absolute Gasteiger partial charge is 0.432 e. The summed E-state index contributed by atoms with van der Waals surface area (Å²) in [6.07, 6.45) is 22.9. The average Bonchev–Trinajstić information content (AvgIpc) is 2.69. The highest BCUT2D eigenvalue weighted by atomic mass is 16.6. The number of unbranched alkanes of at least 4 members (excludes halogenated alkanes) is 11. The second-order valence-electron chi connectivity index (χ2n) is 7.06. The molecule has 29 heavy (non-hydrogen) atoms. The van der Waals surface area contributed by atoms with Gasteiger partial charge in [-0.25, -0.2) is 9.59 Å². The van der Waals surface area contributed by atoms with E-state index in [0.717, 1.165) is 44.1 Å². The number of hydrogen-bond acceptors (Lipinski definition) is 5. The molecule has 0 heterocycles. The Balaban J connectivity index is 3.48. The van der Waals surface area contributed by atoms with Gasteiger partial charge < -0.3 is 9.47 Å². The van der Waals surface area contributed by atoms with Crippen LogP contribution in [0.4, 0.5) is 0 Å². The quantitative estimate of drug-likeness (QED) is 0.0663. The maximum Gasteiger partial charge on any atom is 0.338 e. The van der Waals surface area contributed by atoms with Crippen molar-refractivity contribution in [2.75, 3.05) is 0 Å². The highest BCUT2D eigenvalue weighted by Crippen LogP contribution is 2.10. The van der Waals surface area contributed by atoms with Crippen LogP contribution in [0.2, 0.25) is 0 Å². The minimum absolute atomic E-state index is 0.203. The molecule has 0 radical (unpaired) electrons. The lowest BCUT2D eigenvalue weighted by molar-refractivity contribution is -0.156. The summed E-state index contributed by atoms with van der Waals surface area (Å²) < 4.78 is 8.99. The van der Waals surface area contributed by atoms with E-state index in [1.807, 2.05) is 0 Å². The predicted molar refractivity (Wildman–Crippen MR) is 116 cm³/mol. The summed E-state index contributed by atoms with van der Waals surface area (Å²) in [7, 11) is 0. The molecule has 0 spiro atoms. The zero-order valence-electron chi connectivity index (χ0n) is 18.0. The minimum Gasteiger partial charge on any atom is -0.432 e. The highest BCUT2D eigenvalue weighted by Gasteiger charge is 2.08. The molecule has 0 rings (SSSR count). The van der Waals surface area contributed by atoms with Crippen molar-refractivity contribution in [3.05, 3.63) is 37.1 Å². The first kappa shape index (κ1) is 26.8. The Morgan fingerprint density at radius 3 is 1.83 bits per heavy atom. The number of ether oxygens (including phenoxy) is 2. The van der Waals surface area contributed by atoms with Crippen LogP contribution in [0.3, 0.4) is 0 Å². The van der Waals surface area contributed by atoms with Crippen LogP contribution in [-0.4, -0.2) is 17.9 Å². The van der Waals surface area contributed by atoms with E-state index in [9.17, 15) is 14.4 Å². The van der Waals surface area contributed by atoms with Crippen molar-refractivity contribution < 1.29 is 23.9 Å². The normalized spacial score (nSPS) is 11.1. The third kappa shape index (κ3) is 20.4. The van der Waals surface area contributed by atoms with Crippen molar-refractivity contribution in [2.24, 2.45) is 0 Å². The van der Waals surface area contributed by atoms with Crippen molar-refractivity contribution >= 4 is 17.9 Å². The van der Waals surface area contributed by atoms with Gasteiger partial charge in [-0.2, -0.15) is 0 Å². The van der Waals surface area contributed by atoms with Crippen molar-refractivity contribution in [1.82, 2.24) is 0 Å². The first-order valence-corrected chi connectivity index (χ1v) is 11.0. The topological polar surface area (TPSA) is 69.7 Å². The summed E-state index contributed by atoms with van der Waals surface area (Å²) in [6, 6.07) is 0. The summed E-state index contributed by atoms with van der Waals surface area (Å²) in [5.41, 5.74) is 0. The van der Waals surface area contributed by atoms with E-state index in [4.69, 9.17) is 0 Å². The van der Waals surface area contributed by atoms with Crippen LogP contribution in [0, 0.1) is 0 Å². The summed E-state index contributed by atoms with van der Waals surface area (Å²) >= 11 is 0. The van der Waals surface area contributed by atoms with E-state index in [1.54, 1.807) is 0 Å². The molecule has 0 bridgehead atoms. The first-order valence-electron chi connectivity index (χ1n) is 11.0. The molecule has 0 aromatic heterocycles. The monoisotopic (exact) mass is 406 g/mol. The van der Waals surface area contributed by atoms with Crippen LogP contribution in [0.15, 0.2) is 37.1 Å². The van der Waals surface area contributed by atoms with E-state index >= 15 is 0 Å². The molecular formula is C24H38O5. The maximum absolute atomic E-state index is 11.5. The number of rotatable bonds is 18. The third-order valence-corrected chi connectivity index (χ3v) is 4.41.